The van der Waals surface area contributed by atoms with Gasteiger partial charge in [-0.1, -0.05) is 51.2 Å². The molecule has 2 rings (SSSR count). The van der Waals surface area contributed by atoms with Crippen LogP contribution in [0.1, 0.15) is 57.4 Å². The summed E-state index contributed by atoms with van der Waals surface area (Å²) in [7, 11) is 0. The summed E-state index contributed by atoms with van der Waals surface area (Å²) >= 11 is 1.80. The van der Waals surface area contributed by atoms with Crippen LogP contribution in [0.4, 0.5) is 0 Å². The fraction of sp³-hybridized carbons (Fsp3) is 0.667. The predicted octanol–water partition coefficient (Wildman–Crippen LogP) is 5.03. The van der Waals surface area contributed by atoms with Crippen LogP contribution in [-0.4, -0.2) is 11.8 Å². The van der Waals surface area contributed by atoms with Crippen molar-refractivity contribution in [1.29, 1.82) is 0 Å². The fourth-order valence-electron chi connectivity index (χ4n) is 3.37. The second-order valence-electron chi connectivity index (χ2n) is 6.63. The molecule has 0 aromatic heterocycles. The van der Waals surface area contributed by atoms with Gasteiger partial charge in [-0.15, -0.1) is 11.8 Å². The second-order valence-corrected chi connectivity index (χ2v) is 7.51. The first-order valence-electron chi connectivity index (χ1n) is 8.03. The van der Waals surface area contributed by atoms with Crippen LogP contribution in [0.2, 0.25) is 0 Å². The highest BCUT2D eigenvalue weighted by Gasteiger charge is 2.26. The van der Waals surface area contributed by atoms with Crippen LogP contribution in [0.15, 0.2) is 29.2 Å². The van der Waals surface area contributed by atoms with Crippen molar-refractivity contribution in [3.63, 3.8) is 0 Å². The standard InChI is InChI=1S/C18H29NS/c1-15-6-3-4-12-18(19,13-5-7-15)14-16-8-10-17(20-2)11-9-16/h8-11,15H,3-7,12-14,19H2,1-2H3. The molecule has 0 bridgehead atoms. The largest absolute Gasteiger partial charge is 0.325 e. The molecule has 1 aliphatic rings. The van der Waals surface area contributed by atoms with E-state index in [0.717, 1.165) is 12.3 Å². The van der Waals surface area contributed by atoms with Gasteiger partial charge in [0.1, 0.15) is 0 Å². The minimum Gasteiger partial charge on any atom is -0.325 e. The first kappa shape index (κ1) is 15.9. The van der Waals surface area contributed by atoms with Gasteiger partial charge in [-0.2, -0.15) is 0 Å². The number of thioether (sulfide) groups is 1. The Bertz CT molecular complexity index is 400. The van der Waals surface area contributed by atoms with Gasteiger partial charge in [0, 0.05) is 10.4 Å². The minimum absolute atomic E-state index is 0.0188. The second kappa shape index (κ2) is 7.51. The highest BCUT2D eigenvalue weighted by Crippen LogP contribution is 2.29. The van der Waals surface area contributed by atoms with Crippen LogP contribution in [-0.2, 0) is 6.42 Å². The Morgan fingerprint density at radius 1 is 1.10 bits per heavy atom. The molecular weight excluding hydrogens is 262 g/mol. The van der Waals surface area contributed by atoms with Gasteiger partial charge < -0.3 is 5.73 Å². The zero-order valence-corrected chi connectivity index (χ0v) is 13.8. The molecule has 1 saturated carbocycles. The summed E-state index contributed by atoms with van der Waals surface area (Å²) in [6, 6.07) is 8.96. The maximum absolute atomic E-state index is 6.74. The Morgan fingerprint density at radius 2 is 1.75 bits per heavy atom. The monoisotopic (exact) mass is 291 g/mol. The van der Waals surface area contributed by atoms with E-state index in [9.17, 15) is 0 Å². The van der Waals surface area contributed by atoms with Crippen molar-refractivity contribution in [2.24, 2.45) is 11.7 Å². The van der Waals surface area contributed by atoms with Crippen LogP contribution in [0.3, 0.4) is 0 Å². The third-order valence-corrected chi connectivity index (χ3v) is 5.45. The van der Waals surface area contributed by atoms with E-state index in [2.05, 4.69) is 37.4 Å². The lowest BCUT2D eigenvalue weighted by atomic mass is 9.83. The van der Waals surface area contributed by atoms with Crippen LogP contribution < -0.4 is 5.73 Å². The number of hydrogen-bond acceptors (Lipinski definition) is 2. The van der Waals surface area contributed by atoms with E-state index < -0.39 is 0 Å². The van der Waals surface area contributed by atoms with Crippen molar-refractivity contribution in [3.8, 4) is 0 Å². The molecule has 1 fully saturated rings. The van der Waals surface area contributed by atoms with Crippen LogP contribution in [0, 0.1) is 5.92 Å². The van der Waals surface area contributed by atoms with Gasteiger partial charge in [0.2, 0.25) is 0 Å². The molecule has 1 aromatic carbocycles. The van der Waals surface area contributed by atoms with Gasteiger partial charge >= 0.3 is 0 Å². The van der Waals surface area contributed by atoms with Gasteiger partial charge in [0.25, 0.3) is 0 Å². The summed E-state index contributed by atoms with van der Waals surface area (Å²) in [6.07, 6.45) is 12.2. The molecule has 20 heavy (non-hydrogen) atoms. The van der Waals surface area contributed by atoms with E-state index >= 15 is 0 Å². The molecular formula is C18H29NS. The van der Waals surface area contributed by atoms with Crippen molar-refractivity contribution < 1.29 is 0 Å². The quantitative estimate of drug-likeness (QED) is 0.790. The Morgan fingerprint density at radius 3 is 2.45 bits per heavy atom. The van der Waals surface area contributed by atoms with Gasteiger partial charge in [-0.25, -0.2) is 0 Å². The first-order valence-corrected chi connectivity index (χ1v) is 9.26. The normalized spacial score (nSPS) is 28.4. The lowest BCUT2D eigenvalue weighted by molar-refractivity contribution is 0.344. The molecule has 1 aliphatic carbocycles. The third-order valence-electron chi connectivity index (χ3n) is 4.71. The van der Waals surface area contributed by atoms with Gasteiger partial charge in [0.05, 0.1) is 0 Å². The molecule has 2 unspecified atom stereocenters. The van der Waals surface area contributed by atoms with Crippen LogP contribution >= 0.6 is 11.8 Å². The molecule has 112 valence electrons. The van der Waals surface area contributed by atoms with E-state index in [1.54, 1.807) is 11.8 Å². The van der Waals surface area contributed by atoms with Crippen LogP contribution in [0.25, 0.3) is 0 Å². The number of nitrogens with two attached hydrogens (primary N) is 1. The van der Waals surface area contributed by atoms with E-state index in [1.165, 1.54) is 55.4 Å². The van der Waals surface area contributed by atoms with Crippen molar-refractivity contribution >= 4 is 11.8 Å². The van der Waals surface area contributed by atoms with E-state index in [1.807, 2.05) is 0 Å². The summed E-state index contributed by atoms with van der Waals surface area (Å²) in [5.74, 6) is 0.887. The lowest BCUT2D eigenvalue weighted by Crippen LogP contribution is -2.42. The van der Waals surface area contributed by atoms with Crippen molar-refractivity contribution in [2.45, 2.75) is 68.7 Å². The SMILES string of the molecule is CSc1ccc(CC2(N)CCCCC(C)CCC2)cc1. The molecule has 2 heteroatoms. The number of rotatable bonds is 3. The smallest absolute Gasteiger partial charge is 0.0195 e. The topological polar surface area (TPSA) is 26.0 Å². The van der Waals surface area contributed by atoms with Crippen molar-refractivity contribution in [1.82, 2.24) is 0 Å². The maximum Gasteiger partial charge on any atom is 0.0195 e. The fourth-order valence-corrected chi connectivity index (χ4v) is 3.78. The minimum atomic E-state index is 0.0188. The van der Waals surface area contributed by atoms with Crippen molar-refractivity contribution in [3.05, 3.63) is 29.8 Å². The van der Waals surface area contributed by atoms with E-state index in [4.69, 9.17) is 5.73 Å². The summed E-state index contributed by atoms with van der Waals surface area (Å²) in [5.41, 5.74) is 8.16. The lowest BCUT2D eigenvalue weighted by Gasteiger charge is -2.29. The van der Waals surface area contributed by atoms with Crippen molar-refractivity contribution in [2.75, 3.05) is 6.26 Å². The highest BCUT2D eigenvalue weighted by atomic mass is 32.2. The average molecular weight is 292 g/mol. The first-order chi connectivity index (χ1) is 9.61. The molecule has 1 aromatic rings. The summed E-state index contributed by atoms with van der Waals surface area (Å²) in [4.78, 5) is 1.34. The Hall–Kier alpha value is -0.470. The maximum atomic E-state index is 6.74. The molecule has 1 nitrogen and oxygen atoms in total. The summed E-state index contributed by atoms with van der Waals surface area (Å²) in [5, 5.41) is 0. The highest BCUT2D eigenvalue weighted by molar-refractivity contribution is 7.98. The number of hydrogen-bond donors (Lipinski definition) is 1. The number of benzene rings is 1. The summed E-state index contributed by atoms with van der Waals surface area (Å²) < 4.78 is 0. The molecule has 0 saturated heterocycles. The molecule has 2 atom stereocenters. The van der Waals surface area contributed by atoms with Crippen LogP contribution in [0.5, 0.6) is 0 Å². The predicted molar refractivity (Wildman–Crippen MR) is 90.3 cm³/mol. The molecule has 0 amide bonds. The van der Waals surface area contributed by atoms with Gasteiger partial charge in [-0.05, 0) is 49.1 Å². The van der Waals surface area contributed by atoms with E-state index in [-0.39, 0.29) is 5.54 Å². The Labute approximate surface area is 128 Å². The summed E-state index contributed by atoms with van der Waals surface area (Å²) in [6.45, 7) is 2.39. The molecule has 0 aliphatic heterocycles. The zero-order valence-electron chi connectivity index (χ0n) is 13.0. The molecule has 2 N–H and O–H groups in total. The Kier molecular flexibility index (Phi) is 5.98. The molecule has 0 radical (unpaired) electrons. The zero-order chi connectivity index (χ0) is 14.4. The molecule has 0 spiro atoms. The van der Waals surface area contributed by atoms with Gasteiger partial charge in [-0.3, -0.25) is 0 Å². The Balaban J connectivity index is 1.99. The molecule has 0 heterocycles. The van der Waals surface area contributed by atoms with Gasteiger partial charge in [0.15, 0.2) is 0 Å². The third kappa shape index (κ3) is 4.82. The average Bonchev–Trinajstić information content (AvgIpc) is 2.51. The van der Waals surface area contributed by atoms with E-state index in [0.29, 0.717) is 0 Å².